The molecule has 0 aromatic heterocycles. The normalized spacial score (nSPS) is 59.5. The molecule has 0 aromatic carbocycles. The van der Waals surface area contributed by atoms with E-state index in [0.717, 1.165) is 0 Å². The summed E-state index contributed by atoms with van der Waals surface area (Å²) in [5, 5.41) is 87.3. The number of hydrogen-bond donors (Lipinski definition) is 8. The Morgan fingerprint density at radius 1 is 0.486 bits per heavy atom. The Morgan fingerprint density at radius 3 is 1.34 bits per heavy atom. The molecule has 8 N–H and O–H groups in total. The van der Waals surface area contributed by atoms with Gasteiger partial charge in [-0.2, -0.15) is 0 Å². The summed E-state index contributed by atoms with van der Waals surface area (Å²) in [5.74, 6) is -2.22. The fourth-order valence-electron chi connectivity index (χ4n) is 5.66. The van der Waals surface area contributed by atoms with Crippen molar-refractivity contribution in [3.05, 3.63) is 0 Å². The van der Waals surface area contributed by atoms with Crippen molar-refractivity contribution in [2.75, 3.05) is 26.4 Å². The zero-order valence-electron chi connectivity index (χ0n) is 22.6. The average Bonchev–Trinajstić information content (AvgIpc) is 2.70. The number of rotatable bonds is 6. The Labute approximate surface area is 207 Å². The molecule has 2 rings (SSSR count). The van der Waals surface area contributed by atoms with Crippen LogP contribution < -0.4 is 0 Å². The molecule has 35 heavy (non-hydrogen) atoms. The molecule has 0 spiro atoms. The molecule has 2 saturated heterocycles. The van der Waals surface area contributed by atoms with Crippen molar-refractivity contribution >= 4 is 0 Å². The Balaban J connectivity index is 2.47. The van der Waals surface area contributed by atoms with Crippen LogP contribution in [0.3, 0.4) is 0 Å². The van der Waals surface area contributed by atoms with Crippen LogP contribution in [0.15, 0.2) is 0 Å². The second-order valence-electron chi connectivity index (χ2n) is 12.4. The van der Waals surface area contributed by atoms with Crippen LogP contribution in [0.4, 0.5) is 0 Å². The second-order valence-corrected chi connectivity index (χ2v) is 12.4. The standard InChI is InChI=1S/C24H46O11/c1-15(16(2,11-25)35-24(10,32)23(9,31)19(15,5)27)13-33-14-18(4)21(7,29)22(8,30)20(6,28)17(3,12-26)34-18/h25-32H,11-14H2,1-10H3/t15-,16?,17?,18+,19-,20+,21?,22-,23?,24+/m1/s1. The average molecular weight is 511 g/mol. The largest absolute Gasteiger partial charge is 0.393 e. The van der Waals surface area contributed by atoms with Crippen LogP contribution in [0.5, 0.6) is 0 Å². The molecule has 11 heteroatoms. The lowest BCUT2D eigenvalue weighted by atomic mass is 9.54. The van der Waals surface area contributed by atoms with Crippen LogP contribution in [0.25, 0.3) is 0 Å². The summed E-state index contributed by atoms with van der Waals surface area (Å²) in [7, 11) is 0. The highest BCUT2D eigenvalue weighted by atomic mass is 16.7. The summed E-state index contributed by atoms with van der Waals surface area (Å²) in [5.41, 5.74) is -17.1. The summed E-state index contributed by atoms with van der Waals surface area (Å²) in [4.78, 5) is 0. The van der Waals surface area contributed by atoms with Gasteiger partial charge in [0.1, 0.15) is 44.8 Å². The van der Waals surface area contributed by atoms with Gasteiger partial charge >= 0.3 is 0 Å². The first-order valence-electron chi connectivity index (χ1n) is 11.8. The van der Waals surface area contributed by atoms with E-state index in [9.17, 15) is 40.9 Å². The molecule has 0 aliphatic carbocycles. The van der Waals surface area contributed by atoms with Gasteiger partial charge in [0, 0.05) is 0 Å². The second kappa shape index (κ2) is 8.03. The van der Waals surface area contributed by atoms with Gasteiger partial charge in [-0.1, -0.05) is 6.92 Å². The summed E-state index contributed by atoms with van der Waals surface area (Å²) in [6, 6.07) is 0. The Hall–Kier alpha value is -0.440. The molecule has 2 aliphatic rings. The maximum atomic E-state index is 11.5. The number of aliphatic hydroxyl groups is 8. The van der Waals surface area contributed by atoms with Crippen molar-refractivity contribution in [1.82, 2.24) is 0 Å². The number of hydrogen-bond acceptors (Lipinski definition) is 11. The number of ether oxygens (including phenoxy) is 3. The zero-order valence-corrected chi connectivity index (χ0v) is 22.6. The molecule has 2 heterocycles. The van der Waals surface area contributed by atoms with Crippen LogP contribution in [-0.2, 0) is 14.2 Å². The monoisotopic (exact) mass is 510 g/mol. The molecule has 2 fully saturated rings. The van der Waals surface area contributed by atoms with Gasteiger partial charge < -0.3 is 55.1 Å². The minimum Gasteiger partial charge on any atom is -0.393 e. The fourth-order valence-corrected chi connectivity index (χ4v) is 5.66. The van der Waals surface area contributed by atoms with E-state index in [1.165, 1.54) is 69.2 Å². The molecule has 10 atom stereocenters. The van der Waals surface area contributed by atoms with E-state index < -0.39 is 75.8 Å². The minimum absolute atomic E-state index is 0.354. The van der Waals surface area contributed by atoms with Crippen molar-refractivity contribution in [1.29, 1.82) is 0 Å². The molecule has 2 aliphatic heterocycles. The van der Waals surface area contributed by atoms with Gasteiger partial charge in [-0.15, -0.1) is 0 Å². The van der Waals surface area contributed by atoms with Gasteiger partial charge in [-0.3, -0.25) is 0 Å². The Morgan fingerprint density at radius 2 is 0.914 bits per heavy atom. The van der Waals surface area contributed by atoms with Gasteiger partial charge in [-0.25, -0.2) is 0 Å². The summed E-state index contributed by atoms with van der Waals surface area (Å²) in [6.07, 6.45) is 0. The SMILES string of the molecule is CC1(CO)O[C@@](C)(COC[C@]2(C)C(C)(CO)O[C@](C)(O)C(C)(O)[C@]2(C)O)C(C)(O)[C@](C)(O)[C@@]1(C)O. The Bertz CT molecular complexity index is 820. The van der Waals surface area contributed by atoms with Crippen LogP contribution >= 0.6 is 0 Å². The molecular formula is C24H46O11. The molecule has 0 aromatic rings. The summed E-state index contributed by atoms with van der Waals surface area (Å²) in [6.45, 7) is 11.3. The minimum atomic E-state index is -2.22. The third kappa shape index (κ3) is 3.51. The van der Waals surface area contributed by atoms with Gasteiger partial charge in [0.2, 0.25) is 0 Å². The van der Waals surface area contributed by atoms with Crippen LogP contribution in [-0.4, -0.2) is 118 Å². The molecule has 0 bridgehead atoms. The first kappa shape index (κ1) is 30.8. The zero-order chi connectivity index (χ0) is 27.9. The quantitative estimate of drug-likeness (QED) is 0.214. The third-order valence-electron chi connectivity index (χ3n) is 10.3. The summed E-state index contributed by atoms with van der Waals surface area (Å²) < 4.78 is 17.7. The summed E-state index contributed by atoms with van der Waals surface area (Å²) >= 11 is 0. The van der Waals surface area contributed by atoms with E-state index >= 15 is 0 Å². The fraction of sp³-hybridized carbons (Fsp3) is 1.00. The lowest BCUT2D eigenvalue weighted by Gasteiger charge is -2.67. The molecular weight excluding hydrogens is 464 g/mol. The van der Waals surface area contributed by atoms with Crippen molar-refractivity contribution in [3.63, 3.8) is 0 Å². The van der Waals surface area contributed by atoms with Crippen LogP contribution in [0.2, 0.25) is 0 Å². The predicted octanol–water partition coefficient (Wildman–Crippen LogP) is -1.21. The topological polar surface area (TPSA) is 190 Å². The molecule has 11 nitrogen and oxygen atoms in total. The maximum Gasteiger partial charge on any atom is 0.195 e. The highest BCUT2D eigenvalue weighted by Crippen LogP contribution is 2.58. The highest BCUT2D eigenvalue weighted by Gasteiger charge is 2.75. The van der Waals surface area contributed by atoms with Crippen LogP contribution in [0.1, 0.15) is 69.2 Å². The van der Waals surface area contributed by atoms with Crippen molar-refractivity contribution < 1.29 is 55.1 Å². The molecule has 4 unspecified atom stereocenters. The van der Waals surface area contributed by atoms with E-state index in [2.05, 4.69) is 0 Å². The van der Waals surface area contributed by atoms with Gasteiger partial charge in [-0.05, 0) is 62.3 Å². The third-order valence-corrected chi connectivity index (χ3v) is 10.3. The molecule has 0 amide bonds. The molecule has 208 valence electrons. The van der Waals surface area contributed by atoms with Crippen LogP contribution in [0, 0.1) is 5.41 Å². The van der Waals surface area contributed by atoms with E-state index in [1.807, 2.05) is 0 Å². The lowest BCUT2D eigenvalue weighted by Crippen LogP contribution is -2.85. The van der Waals surface area contributed by atoms with E-state index in [4.69, 9.17) is 14.2 Å². The van der Waals surface area contributed by atoms with Gasteiger partial charge in [0.25, 0.3) is 0 Å². The molecule has 0 saturated carbocycles. The molecule has 0 radical (unpaired) electrons. The van der Waals surface area contributed by atoms with Gasteiger partial charge in [0.05, 0.1) is 31.8 Å². The maximum absolute atomic E-state index is 11.5. The van der Waals surface area contributed by atoms with E-state index in [1.54, 1.807) is 0 Å². The van der Waals surface area contributed by atoms with E-state index in [-0.39, 0.29) is 6.61 Å². The van der Waals surface area contributed by atoms with E-state index in [0.29, 0.717) is 0 Å². The highest BCUT2D eigenvalue weighted by molar-refractivity contribution is 5.24. The smallest absolute Gasteiger partial charge is 0.195 e. The van der Waals surface area contributed by atoms with Gasteiger partial charge in [0.15, 0.2) is 5.79 Å². The first-order valence-corrected chi connectivity index (χ1v) is 11.8. The first-order chi connectivity index (χ1) is 15.2. The number of aliphatic hydroxyl groups excluding tert-OH is 2. The van der Waals surface area contributed by atoms with Crippen molar-refractivity contribution in [3.8, 4) is 0 Å². The van der Waals surface area contributed by atoms with Crippen molar-refractivity contribution in [2.24, 2.45) is 5.41 Å². The van der Waals surface area contributed by atoms with Crippen molar-refractivity contribution in [2.45, 2.75) is 120 Å². The Kier molecular flexibility index (Phi) is 7.06. The lowest BCUT2D eigenvalue weighted by molar-refractivity contribution is -0.446. The predicted molar refractivity (Wildman–Crippen MR) is 124 cm³/mol.